The molecule has 0 atom stereocenters. The molecule has 0 radical (unpaired) electrons. The van der Waals surface area contributed by atoms with Gasteiger partial charge >= 0.3 is 0 Å². The molecule has 2 saturated carbocycles. The van der Waals surface area contributed by atoms with Crippen LogP contribution in [0.5, 0.6) is 0 Å². The van der Waals surface area contributed by atoms with Crippen LogP contribution in [0.15, 0.2) is 36.9 Å². The monoisotopic (exact) mass is 391 g/mol. The summed E-state index contributed by atoms with van der Waals surface area (Å²) in [6, 6.07) is 3.87. The summed E-state index contributed by atoms with van der Waals surface area (Å²) in [5, 5.41) is 4.92. The first kappa shape index (κ1) is 18.1. The third-order valence-corrected chi connectivity index (χ3v) is 5.78. The third kappa shape index (κ3) is 3.95. The molecule has 6 nitrogen and oxygen atoms in total. The van der Waals surface area contributed by atoms with Crippen molar-refractivity contribution in [3.8, 4) is 11.4 Å². The summed E-state index contributed by atoms with van der Waals surface area (Å²) >= 11 is 0. The van der Waals surface area contributed by atoms with Crippen LogP contribution < -0.4 is 5.32 Å². The SMILES string of the molecule is O=C(Cc1cc2cc(-c3cncc(NCC4(F)CCC4)n3)ncc2cn1)C1CC1. The standard InChI is InChI=1S/C22H22FN5O/c23-22(4-1-5-22)13-27-21-12-24-11-19(28-21)18-7-15-6-17(8-20(29)14-2-3-14)25-9-16(15)10-26-18/h6-7,9-12,14H,1-5,8,13H2,(H,27,28). The smallest absolute Gasteiger partial charge is 0.145 e. The van der Waals surface area contributed by atoms with Crippen LogP contribution in [-0.4, -0.2) is 37.9 Å². The summed E-state index contributed by atoms with van der Waals surface area (Å²) in [5.74, 6) is 1.04. The number of nitrogens with zero attached hydrogens (tertiary/aromatic N) is 4. The first-order valence-electron chi connectivity index (χ1n) is 10.1. The number of hydrogen-bond donors (Lipinski definition) is 1. The normalized spacial score (nSPS) is 17.7. The van der Waals surface area contributed by atoms with Crippen molar-refractivity contribution in [1.29, 1.82) is 0 Å². The summed E-state index contributed by atoms with van der Waals surface area (Å²) in [6.45, 7) is 0.250. The number of hydrogen-bond acceptors (Lipinski definition) is 6. The fraction of sp³-hybridized carbons (Fsp3) is 0.409. The Bertz CT molecular complexity index is 1080. The molecule has 0 unspecified atom stereocenters. The topological polar surface area (TPSA) is 80.7 Å². The van der Waals surface area contributed by atoms with Gasteiger partial charge < -0.3 is 5.32 Å². The molecule has 7 heteroatoms. The molecule has 2 fully saturated rings. The molecule has 0 spiro atoms. The maximum absolute atomic E-state index is 14.2. The zero-order valence-corrected chi connectivity index (χ0v) is 16.1. The second-order valence-electron chi connectivity index (χ2n) is 8.16. The highest BCUT2D eigenvalue weighted by Crippen LogP contribution is 2.35. The first-order chi connectivity index (χ1) is 14.1. The largest absolute Gasteiger partial charge is 0.366 e. The average molecular weight is 391 g/mol. The van der Waals surface area contributed by atoms with Gasteiger partial charge in [-0.05, 0) is 49.6 Å². The van der Waals surface area contributed by atoms with Gasteiger partial charge in [-0.25, -0.2) is 9.37 Å². The van der Waals surface area contributed by atoms with Crippen LogP contribution in [0.2, 0.25) is 0 Å². The molecule has 148 valence electrons. The predicted molar refractivity (Wildman–Crippen MR) is 108 cm³/mol. The molecule has 0 bridgehead atoms. The molecule has 0 aliphatic heterocycles. The molecule has 5 rings (SSSR count). The minimum absolute atomic E-state index is 0.231. The van der Waals surface area contributed by atoms with Crippen LogP contribution in [-0.2, 0) is 11.2 Å². The van der Waals surface area contributed by atoms with Gasteiger partial charge in [0.2, 0.25) is 0 Å². The number of nitrogens with one attached hydrogen (secondary N) is 1. The lowest BCUT2D eigenvalue weighted by atomic mass is 9.82. The van der Waals surface area contributed by atoms with E-state index < -0.39 is 5.67 Å². The lowest BCUT2D eigenvalue weighted by Crippen LogP contribution is -2.39. The van der Waals surface area contributed by atoms with Gasteiger partial charge in [0, 0.05) is 35.8 Å². The average Bonchev–Trinajstić information content (AvgIpc) is 3.56. The molecule has 0 amide bonds. The van der Waals surface area contributed by atoms with E-state index in [1.54, 1.807) is 24.8 Å². The highest BCUT2D eigenvalue weighted by atomic mass is 19.1. The van der Waals surface area contributed by atoms with Crippen LogP contribution in [0.1, 0.15) is 37.8 Å². The zero-order chi connectivity index (χ0) is 19.8. The number of aromatic nitrogens is 4. The van der Waals surface area contributed by atoms with Crippen LogP contribution in [0.3, 0.4) is 0 Å². The number of pyridine rings is 2. The van der Waals surface area contributed by atoms with Crippen molar-refractivity contribution in [2.24, 2.45) is 5.92 Å². The number of ketones is 1. The highest BCUT2D eigenvalue weighted by molar-refractivity contribution is 5.88. The number of carbonyl (C=O) groups is 1. The summed E-state index contributed by atoms with van der Waals surface area (Å²) in [7, 11) is 0. The zero-order valence-electron chi connectivity index (χ0n) is 16.1. The molecule has 0 saturated heterocycles. The maximum atomic E-state index is 14.2. The quantitative estimate of drug-likeness (QED) is 0.658. The molecule has 29 heavy (non-hydrogen) atoms. The molecule has 3 aromatic heterocycles. The van der Waals surface area contributed by atoms with E-state index in [4.69, 9.17) is 0 Å². The fourth-order valence-electron chi connectivity index (χ4n) is 3.61. The molecule has 2 aliphatic carbocycles. The number of Topliss-reactive ketones (excluding diaryl/α,β-unsaturated/α-hetero) is 1. The van der Waals surface area contributed by atoms with Gasteiger partial charge in [0.25, 0.3) is 0 Å². The minimum atomic E-state index is -1.12. The number of alkyl halides is 1. The van der Waals surface area contributed by atoms with Crippen molar-refractivity contribution < 1.29 is 9.18 Å². The number of anilines is 1. The van der Waals surface area contributed by atoms with E-state index in [-0.39, 0.29) is 18.2 Å². The van der Waals surface area contributed by atoms with Gasteiger partial charge in [0.15, 0.2) is 0 Å². The first-order valence-corrected chi connectivity index (χ1v) is 10.1. The Hall–Kier alpha value is -2.96. The van der Waals surface area contributed by atoms with Gasteiger partial charge in [0.05, 0.1) is 24.6 Å². The Morgan fingerprint density at radius 2 is 1.90 bits per heavy atom. The molecule has 0 aromatic carbocycles. The number of halogens is 1. The Morgan fingerprint density at radius 1 is 1.07 bits per heavy atom. The molecular formula is C22H22FN5O. The lowest BCUT2D eigenvalue weighted by molar-refractivity contribution is -0.119. The second kappa shape index (κ2) is 7.13. The Morgan fingerprint density at radius 3 is 2.66 bits per heavy atom. The number of rotatable bonds is 7. The minimum Gasteiger partial charge on any atom is -0.366 e. The van der Waals surface area contributed by atoms with Gasteiger partial charge in [-0.2, -0.15) is 0 Å². The van der Waals surface area contributed by atoms with Crippen molar-refractivity contribution >= 4 is 22.4 Å². The molecule has 3 aromatic rings. The summed E-state index contributed by atoms with van der Waals surface area (Å²) in [5.41, 5.74) is 0.950. The Kier molecular flexibility index (Phi) is 4.45. The van der Waals surface area contributed by atoms with Crippen molar-refractivity contribution in [3.63, 3.8) is 0 Å². The van der Waals surface area contributed by atoms with E-state index in [1.807, 2.05) is 12.1 Å². The van der Waals surface area contributed by atoms with Gasteiger partial charge in [-0.3, -0.25) is 19.7 Å². The molecule has 2 aliphatic rings. The fourth-order valence-corrected chi connectivity index (χ4v) is 3.61. The van der Waals surface area contributed by atoms with Gasteiger partial charge in [-0.15, -0.1) is 0 Å². The van der Waals surface area contributed by atoms with Crippen molar-refractivity contribution in [2.75, 3.05) is 11.9 Å². The summed E-state index contributed by atoms with van der Waals surface area (Å²) < 4.78 is 14.2. The molecule has 3 heterocycles. The lowest BCUT2D eigenvalue weighted by Gasteiger charge is -2.33. The summed E-state index contributed by atoms with van der Waals surface area (Å²) in [6.07, 6.45) is 11.3. The Balaban J connectivity index is 1.37. The van der Waals surface area contributed by atoms with E-state index in [9.17, 15) is 9.18 Å². The van der Waals surface area contributed by atoms with Crippen molar-refractivity contribution in [1.82, 2.24) is 19.9 Å². The third-order valence-electron chi connectivity index (χ3n) is 5.78. The van der Waals surface area contributed by atoms with E-state index in [0.29, 0.717) is 36.5 Å². The van der Waals surface area contributed by atoms with Gasteiger partial charge in [-0.1, -0.05) is 0 Å². The van der Waals surface area contributed by atoms with E-state index >= 15 is 0 Å². The van der Waals surface area contributed by atoms with Crippen molar-refractivity contribution in [2.45, 2.75) is 44.2 Å². The number of carbonyl (C=O) groups excluding carboxylic acids is 1. The highest BCUT2D eigenvalue weighted by Gasteiger charge is 2.36. The predicted octanol–water partition coefficient (Wildman–Crippen LogP) is 3.91. The molecular weight excluding hydrogens is 369 g/mol. The molecule has 1 N–H and O–H groups in total. The van der Waals surface area contributed by atoms with Crippen LogP contribution in [0.4, 0.5) is 10.2 Å². The number of fused-ring (bicyclic) bond motifs is 1. The summed E-state index contributed by atoms with van der Waals surface area (Å²) in [4.78, 5) is 29.7. The van der Waals surface area contributed by atoms with E-state index in [0.717, 1.165) is 35.7 Å². The van der Waals surface area contributed by atoms with Crippen LogP contribution >= 0.6 is 0 Å². The van der Waals surface area contributed by atoms with Gasteiger partial charge in [0.1, 0.15) is 23.0 Å². The Labute approximate surface area is 168 Å². The van der Waals surface area contributed by atoms with E-state index in [2.05, 4.69) is 25.3 Å². The van der Waals surface area contributed by atoms with Crippen LogP contribution in [0, 0.1) is 5.92 Å². The maximum Gasteiger partial charge on any atom is 0.145 e. The van der Waals surface area contributed by atoms with E-state index in [1.165, 1.54) is 0 Å². The van der Waals surface area contributed by atoms with Crippen molar-refractivity contribution in [3.05, 3.63) is 42.6 Å². The van der Waals surface area contributed by atoms with Crippen LogP contribution in [0.25, 0.3) is 22.2 Å². The second-order valence-corrected chi connectivity index (χ2v) is 8.16.